The lowest BCUT2D eigenvalue weighted by atomic mass is 9.94. The lowest BCUT2D eigenvalue weighted by Gasteiger charge is -2.17. The van der Waals surface area contributed by atoms with Crippen LogP contribution in [0.25, 0.3) is 22.2 Å². The van der Waals surface area contributed by atoms with Crippen molar-refractivity contribution in [1.82, 2.24) is 4.98 Å². The molecule has 0 spiro atoms. The fourth-order valence-corrected chi connectivity index (χ4v) is 3.97. The maximum absolute atomic E-state index is 13.5. The smallest absolute Gasteiger partial charge is 0.256 e. The zero-order chi connectivity index (χ0) is 22.1. The van der Waals surface area contributed by atoms with Crippen molar-refractivity contribution in [2.75, 3.05) is 12.4 Å². The maximum Gasteiger partial charge on any atom is 0.256 e. The third-order valence-corrected chi connectivity index (χ3v) is 5.57. The lowest BCUT2D eigenvalue weighted by Crippen LogP contribution is -2.15. The summed E-state index contributed by atoms with van der Waals surface area (Å²) >= 11 is 0. The quantitative estimate of drug-likeness (QED) is 0.424. The van der Waals surface area contributed by atoms with E-state index in [-0.39, 0.29) is 5.91 Å². The molecule has 0 saturated heterocycles. The van der Waals surface area contributed by atoms with Crippen molar-refractivity contribution in [2.24, 2.45) is 0 Å². The molecule has 0 bridgehead atoms. The minimum atomic E-state index is -0.131. The highest BCUT2D eigenvalue weighted by atomic mass is 16.5. The van der Waals surface area contributed by atoms with Gasteiger partial charge in [0.15, 0.2) is 0 Å². The molecule has 0 atom stereocenters. The number of hydrogen-bond acceptors (Lipinski definition) is 3. The van der Waals surface area contributed by atoms with Crippen molar-refractivity contribution in [3.63, 3.8) is 0 Å². The molecular weight excluding hydrogens is 384 g/mol. The Morgan fingerprint density at radius 3 is 2.19 bits per heavy atom. The van der Waals surface area contributed by atoms with Crippen molar-refractivity contribution in [2.45, 2.75) is 27.7 Å². The van der Waals surface area contributed by atoms with Crippen LogP contribution in [0.2, 0.25) is 0 Å². The Morgan fingerprint density at radius 2 is 1.55 bits per heavy atom. The number of amides is 1. The van der Waals surface area contributed by atoms with Gasteiger partial charge < -0.3 is 10.1 Å². The molecule has 0 aliphatic carbocycles. The molecule has 0 radical (unpaired) electrons. The van der Waals surface area contributed by atoms with Gasteiger partial charge in [-0.2, -0.15) is 0 Å². The molecule has 1 aromatic heterocycles. The van der Waals surface area contributed by atoms with Gasteiger partial charge in [0.05, 0.1) is 23.9 Å². The number of fused-ring (bicyclic) bond motifs is 1. The van der Waals surface area contributed by atoms with E-state index in [4.69, 9.17) is 9.72 Å². The number of nitrogens with one attached hydrogen (secondary N) is 1. The first-order chi connectivity index (χ1) is 14.9. The molecule has 1 amide bonds. The second kappa shape index (κ2) is 8.23. The van der Waals surface area contributed by atoms with Gasteiger partial charge in [-0.25, -0.2) is 4.98 Å². The van der Waals surface area contributed by atoms with E-state index in [0.717, 1.165) is 55.9 Å². The summed E-state index contributed by atoms with van der Waals surface area (Å²) in [4.78, 5) is 18.5. The Morgan fingerprint density at radius 1 is 0.871 bits per heavy atom. The number of rotatable bonds is 4. The Kier molecular flexibility index (Phi) is 5.47. The summed E-state index contributed by atoms with van der Waals surface area (Å²) < 4.78 is 5.29. The minimum absolute atomic E-state index is 0.131. The summed E-state index contributed by atoms with van der Waals surface area (Å²) in [5.41, 5.74) is 8.18. The monoisotopic (exact) mass is 410 g/mol. The number of carbonyl (C=O) groups excluding carboxylic acids is 1. The number of nitrogens with zero attached hydrogens (tertiary/aromatic N) is 1. The van der Waals surface area contributed by atoms with Gasteiger partial charge in [0.1, 0.15) is 5.75 Å². The van der Waals surface area contributed by atoms with E-state index >= 15 is 0 Å². The van der Waals surface area contributed by atoms with Crippen LogP contribution in [0.5, 0.6) is 5.75 Å². The highest BCUT2D eigenvalue weighted by molar-refractivity contribution is 6.15. The number of aryl methyl sites for hydroxylation is 3. The number of ether oxygens (including phenoxy) is 1. The van der Waals surface area contributed by atoms with Crippen molar-refractivity contribution >= 4 is 22.5 Å². The van der Waals surface area contributed by atoms with E-state index in [0.29, 0.717) is 5.56 Å². The van der Waals surface area contributed by atoms with E-state index in [2.05, 4.69) is 11.4 Å². The third kappa shape index (κ3) is 4.02. The van der Waals surface area contributed by atoms with Gasteiger partial charge in [0.25, 0.3) is 5.91 Å². The van der Waals surface area contributed by atoms with Gasteiger partial charge in [-0.3, -0.25) is 4.79 Å². The number of aromatic nitrogens is 1. The predicted molar refractivity (Wildman–Crippen MR) is 127 cm³/mol. The van der Waals surface area contributed by atoms with Crippen LogP contribution in [0.3, 0.4) is 0 Å². The topological polar surface area (TPSA) is 51.2 Å². The highest BCUT2D eigenvalue weighted by Crippen LogP contribution is 2.33. The summed E-state index contributed by atoms with van der Waals surface area (Å²) in [6, 6.07) is 19.8. The summed E-state index contributed by atoms with van der Waals surface area (Å²) in [5, 5.41) is 3.94. The number of methoxy groups -OCH3 is 1. The zero-order valence-electron chi connectivity index (χ0n) is 18.5. The van der Waals surface area contributed by atoms with Crippen molar-refractivity contribution in [1.29, 1.82) is 0 Å². The largest absolute Gasteiger partial charge is 0.497 e. The first-order valence-electron chi connectivity index (χ1n) is 10.3. The van der Waals surface area contributed by atoms with Crippen LogP contribution >= 0.6 is 0 Å². The molecule has 31 heavy (non-hydrogen) atoms. The van der Waals surface area contributed by atoms with Crippen LogP contribution in [0.4, 0.5) is 5.69 Å². The predicted octanol–water partition coefficient (Wildman–Crippen LogP) is 6.40. The number of anilines is 1. The molecule has 0 aliphatic heterocycles. The van der Waals surface area contributed by atoms with E-state index in [1.165, 1.54) is 0 Å². The molecule has 1 N–H and O–H groups in total. The van der Waals surface area contributed by atoms with Crippen molar-refractivity contribution < 1.29 is 9.53 Å². The molecule has 0 fully saturated rings. The first-order valence-corrected chi connectivity index (χ1v) is 10.3. The summed E-state index contributed by atoms with van der Waals surface area (Å²) in [6.07, 6.45) is 0. The normalized spacial score (nSPS) is 10.9. The third-order valence-electron chi connectivity index (χ3n) is 5.57. The molecule has 3 aromatic carbocycles. The van der Waals surface area contributed by atoms with E-state index in [9.17, 15) is 4.79 Å². The Bertz CT molecular complexity index is 1270. The highest BCUT2D eigenvalue weighted by Gasteiger charge is 2.20. The number of hydrogen-bond donors (Lipinski definition) is 1. The minimum Gasteiger partial charge on any atom is -0.497 e. The lowest BCUT2D eigenvalue weighted by molar-refractivity contribution is 0.102. The summed E-state index contributed by atoms with van der Waals surface area (Å²) in [5.74, 6) is 0.653. The maximum atomic E-state index is 13.5. The Hall–Kier alpha value is -3.66. The summed E-state index contributed by atoms with van der Waals surface area (Å²) in [7, 11) is 1.65. The molecule has 0 saturated carbocycles. The average molecular weight is 411 g/mol. The van der Waals surface area contributed by atoms with Crippen LogP contribution < -0.4 is 10.1 Å². The second-order valence-electron chi connectivity index (χ2n) is 7.99. The number of carbonyl (C=O) groups is 1. The van der Waals surface area contributed by atoms with Crippen LogP contribution in [-0.4, -0.2) is 18.0 Å². The molecule has 0 aliphatic rings. The molecule has 4 nitrogen and oxygen atoms in total. The average Bonchev–Trinajstić information content (AvgIpc) is 2.75. The van der Waals surface area contributed by atoms with Crippen LogP contribution in [0.15, 0.2) is 60.7 Å². The van der Waals surface area contributed by atoms with E-state index < -0.39 is 0 Å². The molecule has 0 unspecified atom stereocenters. The molecule has 4 rings (SSSR count). The fraction of sp³-hybridized carbons (Fsp3) is 0.185. The van der Waals surface area contributed by atoms with Crippen molar-refractivity contribution in [3.05, 3.63) is 88.5 Å². The van der Waals surface area contributed by atoms with Crippen LogP contribution in [-0.2, 0) is 0 Å². The molecule has 156 valence electrons. The Balaban J connectivity index is 1.91. The van der Waals surface area contributed by atoms with Gasteiger partial charge >= 0.3 is 0 Å². The molecule has 4 aromatic rings. The van der Waals surface area contributed by atoms with Crippen LogP contribution in [0.1, 0.15) is 32.6 Å². The van der Waals surface area contributed by atoms with Gasteiger partial charge in [0.2, 0.25) is 0 Å². The Labute approximate surface area is 182 Å². The van der Waals surface area contributed by atoms with E-state index in [1.54, 1.807) is 7.11 Å². The fourth-order valence-electron chi connectivity index (χ4n) is 3.97. The standard InChI is InChI=1S/C27H26N2O2/c1-16-6-10-21(11-7-16)28-27(30)24-19(4)26(20-8-12-22(31-5)13-9-20)29-25-18(3)14-17(2)15-23(24)25/h6-15H,1-5H3,(H,28,30). The SMILES string of the molecule is COc1ccc(-c2nc3c(C)cc(C)cc3c(C(=O)Nc3ccc(C)cc3)c2C)cc1. The summed E-state index contributed by atoms with van der Waals surface area (Å²) in [6.45, 7) is 8.07. The van der Waals surface area contributed by atoms with Gasteiger partial charge in [-0.1, -0.05) is 29.3 Å². The van der Waals surface area contributed by atoms with Gasteiger partial charge in [-0.15, -0.1) is 0 Å². The molecule has 1 heterocycles. The van der Waals surface area contributed by atoms with E-state index in [1.807, 2.05) is 82.3 Å². The zero-order valence-corrected chi connectivity index (χ0v) is 18.5. The first kappa shape index (κ1) is 20.6. The molecule has 4 heteroatoms. The number of pyridine rings is 1. The van der Waals surface area contributed by atoms with Crippen LogP contribution in [0, 0.1) is 27.7 Å². The number of benzene rings is 3. The van der Waals surface area contributed by atoms with Gasteiger partial charge in [0, 0.05) is 16.6 Å². The second-order valence-corrected chi connectivity index (χ2v) is 7.99. The molecular formula is C27H26N2O2. The van der Waals surface area contributed by atoms with Gasteiger partial charge in [-0.05, 0) is 81.3 Å². The van der Waals surface area contributed by atoms with Crippen molar-refractivity contribution in [3.8, 4) is 17.0 Å².